The van der Waals surface area contributed by atoms with Crippen molar-refractivity contribution < 1.29 is 22.7 Å². The van der Waals surface area contributed by atoms with E-state index in [0.29, 0.717) is 6.07 Å². The predicted molar refractivity (Wildman–Crippen MR) is 53.9 cm³/mol. The topological polar surface area (TPSA) is 20.2 Å². The van der Waals surface area contributed by atoms with Crippen LogP contribution >= 0.6 is 0 Å². The Bertz CT molecular complexity index is 421. The van der Waals surface area contributed by atoms with Crippen LogP contribution in [0.4, 0.5) is 17.6 Å². The van der Waals surface area contributed by atoms with Gasteiger partial charge >= 0.3 is 6.18 Å². The quantitative estimate of drug-likeness (QED) is 0.815. The van der Waals surface area contributed by atoms with Gasteiger partial charge in [0, 0.05) is 6.61 Å². The summed E-state index contributed by atoms with van der Waals surface area (Å²) in [6.07, 6.45) is -2.96. The van der Waals surface area contributed by atoms with Gasteiger partial charge in [-0.2, -0.15) is 13.2 Å². The normalized spacial score (nSPS) is 18.2. The first-order valence-electron chi connectivity index (χ1n) is 5.33. The fourth-order valence-corrected chi connectivity index (χ4v) is 1.94. The van der Waals surface area contributed by atoms with Crippen LogP contribution in [0.1, 0.15) is 24.0 Å². The molecule has 94 valence electrons. The van der Waals surface area contributed by atoms with E-state index in [9.17, 15) is 17.6 Å². The second-order valence-electron chi connectivity index (χ2n) is 4.63. The summed E-state index contributed by atoms with van der Waals surface area (Å²) >= 11 is 0. The van der Waals surface area contributed by atoms with Gasteiger partial charge in [-0.15, -0.1) is 0 Å². The van der Waals surface area contributed by atoms with Crippen LogP contribution in [0.3, 0.4) is 0 Å². The first kappa shape index (κ1) is 12.4. The third kappa shape index (κ3) is 2.60. The van der Waals surface area contributed by atoms with Gasteiger partial charge in [-0.25, -0.2) is 4.39 Å². The van der Waals surface area contributed by atoms with Crippen LogP contribution in [-0.4, -0.2) is 11.7 Å². The summed E-state index contributed by atoms with van der Waals surface area (Å²) in [5.41, 5.74) is -1.29. The lowest BCUT2D eigenvalue weighted by Crippen LogP contribution is -2.16. The van der Waals surface area contributed by atoms with Crippen LogP contribution in [0, 0.1) is 11.2 Å². The number of halogens is 4. The van der Waals surface area contributed by atoms with E-state index >= 15 is 0 Å². The van der Waals surface area contributed by atoms with Crippen LogP contribution in [0.25, 0.3) is 0 Å². The van der Waals surface area contributed by atoms with E-state index in [2.05, 4.69) is 0 Å². The molecule has 0 radical (unpaired) electrons. The average Bonchev–Trinajstić information content (AvgIpc) is 3.00. The lowest BCUT2D eigenvalue weighted by atomic mass is 9.93. The highest BCUT2D eigenvalue weighted by atomic mass is 19.4. The standard InChI is InChI=1S/C12H12F4O/c13-9-2-1-8(6-11(7-17)3-4-11)10(5-9)12(14,15)16/h1-2,5,17H,3-4,6-7H2. The number of alkyl halides is 3. The molecule has 1 aromatic carbocycles. The zero-order valence-corrected chi connectivity index (χ0v) is 9.02. The highest BCUT2D eigenvalue weighted by Crippen LogP contribution is 2.49. The van der Waals surface area contributed by atoms with Crippen molar-refractivity contribution >= 4 is 0 Å². The summed E-state index contributed by atoms with van der Waals surface area (Å²) in [6, 6.07) is 2.70. The van der Waals surface area contributed by atoms with Crippen molar-refractivity contribution in [2.45, 2.75) is 25.4 Å². The van der Waals surface area contributed by atoms with E-state index in [1.807, 2.05) is 0 Å². The summed E-state index contributed by atoms with van der Waals surface area (Å²) in [6.45, 7) is -0.123. The van der Waals surface area contributed by atoms with E-state index in [4.69, 9.17) is 5.11 Å². The fraction of sp³-hybridized carbons (Fsp3) is 0.500. The molecular weight excluding hydrogens is 236 g/mol. The highest BCUT2D eigenvalue weighted by Gasteiger charge is 2.44. The molecule has 1 fully saturated rings. The summed E-state index contributed by atoms with van der Waals surface area (Å²) in [5, 5.41) is 9.11. The van der Waals surface area contributed by atoms with Crippen molar-refractivity contribution in [2.24, 2.45) is 5.41 Å². The van der Waals surface area contributed by atoms with Gasteiger partial charge < -0.3 is 5.11 Å². The SMILES string of the molecule is OCC1(Cc2ccc(F)cc2C(F)(F)F)CC1. The maximum atomic E-state index is 12.9. The van der Waals surface area contributed by atoms with Gasteiger partial charge in [0.1, 0.15) is 5.82 Å². The van der Waals surface area contributed by atoms with Crippen LogP contribution in [0.5, 0.6) is 0 Å². The summed E-state index contributed by atoms with van der Waals surface area (Å²) < 4.78 is 51.0. The molecule has 1 N–H and O–H groups in total. The molecule has 1 aromatic rings. The lowest BCUT2D eigenvalue weighted by molar-refractivity contribution is -0.138. The zero-order valence-electron chi connectivity index (χ0n) is 9.02. The molecule has 0 saturated heterocycles. The Labute approximate surface area is 96.1 Å². The number of hydrogen-bond donors (Lipinski definition) is 1. The summed E-state index contributed by atoms with van der Waals surface area (Å²) in [5.74, 6) is -0.894. The van der Waals surface area contributed by atoms with Crippen molar-refractivity contribution in [3.63, 3.8) is 0 Å². The maximum Gasteiger partial charge on any atom is 0.416 e. The Morgan fingerprint density at radius 3 is 2.35 bits per heavy atom. The van der Waals surface area contributed by atoms with E-state index in [1.54, 1.807) is 0 Å². The molecule has 0 heterocycles. The van der Waals surface area contributed by atoms with Gasteiger partial charge in [0.15, 0.2) is 0 Å². The smallest absolute Gasteiger partial charge is 0.396 e. The molecular formula is C12H12F4O. The molecule has 5 heteroatoms. The Balaban J connectivity index is 2.33. The Morgan fingerprint density at radius 1 is 1.24 bits per heavy atom. The third-order valence-corrected chi connectivity index (χ3v) is 3.24. The van der Waals surface area contributed by atoms with Crippen molar-refractivity contribution in [1.29, 1.82) is 0 Å². The minimum Gasteiger partial charge on any atom is -0.396 e. The Hall–Kier alpha value is -1.10. The molecule has 0 spiro atoms. The number of aliphatic hydroxyl groups is 1. The van der Waals surface area contributed by atoms with Gasteiger partial charge in [0.2, 0.25) is 0 Å². The van der Waals surface area contributed by atoms with E-state index < -0.39 is 23.0 Å². The molecule has 1 aliphatic rings. The third-order valence-electron chi connectivity index (χ3n) is 3.24. The maximum absolute atomic E-state index is 12.9. The van der Waals surface area contributed by atoms with Gasteiger partial charge in [-0.3, -0.25) is 0 Å². The Kier molecular flexibility index (Phi) is 2.89. The Morgan fingerprint density at radius 2 is 1.88 bits per heavy atom. The van der Waals surface area contributed by atoms with Crippen LogP contribution in [0.2, 0.25) is 0 Å². The number of aliphatic hydroxyl groups excluding tert-OH is 1. The minimum atomic E-state index is -4.55. The average molecular weight is 248 g/mol. The van der Waals surface area contributed by atoms with Gasteiger partial charge in [0.25, 0.3) is 0 Å². The van der Waals surface area contributed by atoms with Crippen molar-refractivity contribution in [2.75, 3.05) is 6.61 Å². The van der Waals surface area contributed by atoms with Gasteiger partial charge in [-0.05, 0) is 42.4 Å². The molecule has 0 atom stereocenters. The van der Waals surface area contributed by atoms with E-state index in [1.165, 1.54) is 0 Å². The van der Waals surface area contributed by atoms with Crippen molar-refractivity contribution in [1.82, 2.24) is 0 Å². The largest absolute Gasteiger partial charge is 0.416 e. The van der Waals surface area contributed by atoms with Crippen LogP contribution < -0.4 is 0 Å². The van der Waals surface area contributed by atoms with E-state index in [0.717, 1.165) is 25.0 Å². The number of benzene rings is 1. The fourth-order valence-electron chi connectivity index (χ4n) is 1.94. The second kappa shape index (κ2) is 3.98. The zero-order chi connectivity index (χ0) is 12.7. The number of rotatable bonds is 3. The molecule has 1 saturated carbocycles. The van der Waals surface area contributed by atoms with Crippen molar-refractivity contribution in [3.8, 4) is 0 Å². The molecule has 1 aliphatic carbocycles. The summed E-state index contributed by atoms with van der Waals surface area (Å²) in [7, 11) is 0. The highest BCUT2D eigenvalue weighted by molar-refractivity contribution is 5.32. The monoisotopic (exact) mass is 248 g/mol. The molecule has 0 bridgehead atoms. The minimum absolute atomic E-state index is 0.0606. The first-order chi connectivity index (χ1) is 7.86. The lowest BCUT2D eigenvalue weighted by Gasteiger charge is -2.17. The molecule has 0 aliphatic heterocycles. The summed E-state index contributed by atoms with van der Waals surface area (Å²) in [4.78, 5) is 0. The second-order valence-corrected chi connectivity index (χ2v) is 4.63. The predicted octanol–water partition coefficient (Wildman–Crippen LogP) is 3.16. The van der Waals surface area contributed by atoms with E-state index in [-0.39, 0.29) is 18.6 Å². The molecule has 17 heavy (non-hydrogen) atoms. The van der Waals surface area contributed by atoms with Crippen molar-refractivity contribution in [3.05, 3.63) is 35.1 Å². The number of hydrogen-bond acceptors (Lipinski definition) is 1. The van der Waals surface area contributed by atoms with Gasteiger partial charge in [-0.1, -0.05) is 6.07 Å². The first-order valence-corrected chi connectivity index (χ1v) is 5.33. The molecule has 0 unspecified atom stereocenters. The molecule has 0 aromatic heterocycles. The molecule has 2 rings (SSSR count). The van der Waals surface area contributed by atoms with Gasteiger partial charge in [0.05, 0.1) is 5.56 Å². The molecule has 0 amide bonds. The molecule has 1 nitrogen and oxygen atoms in total. The van der Waals surface area contributed by atoms with Crippen LogP contribution in [-0.2, 0) is 12.6 Å². The van der Waals surface area contributed by atoms with Crippen LogP contribution in [0.15, 0.2) is 18.2 Å².